The molecule has 0 spiro atoms. The summed E-state index contributed by atoms with van der Waals surface area (Å²) in [4.78, 5) is 23.5. The van der Waals surface area contributed by atoms with Crippen molar-refractivity contribution in [3.05, 3.63) is 36.2 Å². The van der Waals surface area contributed by atoms with Gasteiger partial charge in [0.25, 0.3) is 0 Å². The molecule has 7 nitrogen and oxygen atoms in total. The number of hydrogen-bond acceptors (Lipinski definition) is 6. The molecule has 7 heteroatoms. The van der Waals surface area contributed by atoms with Crippen molar-refractivity contribution in [1.82, 2.24) is 20.0 Å². The predicted octanol–water partition coefficient (Wildman–Crippen LogP) is 3.37. The number of nitrogens with zero attached hydrogens (tertiary/aromatic N) is 4. The van der Waals surface area contributed by atoms with Crippen LogP contribution in [0, 0.1) is 5.92 Å². The molecule has 2 aliphatic rings. The maximum absolute atomic E-state index is 12.6. The van der Waals surface area contributed by atoms with Crippen LogP contribution in [0.1, 0.15) is 43.9 Å². The molecule has 3 heterocycles. The van der Waals surface area contributed by atoms with Crippen LogP contribution in [0.3, 0.4) is 0 Å². The van der Waals surface area contributed by atoms with Gasteiger partial charge in [-0.2, -0.15) is 4.98 Å². The number of carbonyl (C=O) groups is 1. The highest BCUT2D eigenvalue weighted by Crippen LogP contribution is 2.33. The van der Waals surface area contributed by atoms with Gasteiger partial charge >= 0.3 is 0 Å². The SMILES string of the molecule is Nc1cc(-c2noc(C3CN(C(=O)C4CCCCC4)C3)n2)c2ccccc2n1. The third-order valence-corrected chi connectivity index (χ3v) is 5.92. The zero-order chi connectivity index (χ0) is 19.1. The molecule has 5 rings (SSSR count). The van der Waals surface area contributed by atoms with Crippen molar-refractivity contribution >= 4 is 22.6 Å². The van der Waals surface area contributed by atoms with Crippen LogP contribution in [-0.2, 0) is 4.79 Å². The first-order valence-corrected chi connectivity index (χ1v) is 9.97. The summed E-state index contributed by atoms with van der Waals surface area (Å²) < 4.78 is 5.53. The summed E-state index contributed by atoms with van der Waals surface area (Å²) in [5.41, 5.74) is 7.56. The molecule has 1 aliphatic carbocycles. The highest BCUT2D eigenvalue weighted by Gasteiger charge is 2.38. The lowest BCUT2D eigenvalue weighted by atomic mass is 9.86. The van der Waals surface area contributed by atoms with Crippen molar-refractivity contribution in [2.24, 2.45) is 5.92 Å². The normalized spacial score (nSPS) is 18.4. The van der Waals surface area contributed by atoms with Crippen molar-refractivity contribution in [3.63, 3.8) is 0 Å². The van der Waals surface area contributed by atoms with Crippen molar-refractivity contribution < 1.29 is 9.32 Å². The van der Waals surface area contributed by atoms with E-state index in [1.807, 2.05) is 29.2 Å². The van der Waals surface area contributed by atoms with E-state index in [9.17, 15) is 4.79 Å². The fraction of sp³-hybridized carbons (Fsp3) is 0.429. The van der Waals surface area contributed by atoms with Gasteiger partial charge in [-0.25, -0.2) is 4.98 Å². The number of rotatable bonds is 3. The van der Waals surface area contributed by atoms with E-state index in [1.165, 1.54) is 19.3 Å². The van der Waals surface area contributed by atoms with E-state index in [4.69, 9.17) is 10.3 Å². The second-order valence-electron chi connectivity index (χ2n) is 7.84. The first-order chi connectivity index (χ1) is 13.7. The Morgan fingerprint density at radius 3 is 2.71 bits per heavy atom. The minimum Gasteiger partial charge on any atom is -0.384 e. The van der Waals surface area contributed by atoms with E-state index in [-0.39, 0.29) is 11.8 Å². The Hall–Kier alpha value is -2.96. The summed E-state index contributed by atoms with van der Waals surface area (Å²) in [6.45, 7) is 1.33. The minimum absolute atomic E-state index is 0.110. The highest BCUT2D eigenvalue weighted by molar-refractivity contribution is 5.94. The molecule has 3 aromatic rings. The lowest BCUT2D eigenvalue weighted by Crippen LogP contribution is -2.51. The van der Waals surface area contributed by atoms with Gasteiger partial charge in [-0.05, 0) is 25.0 Å². The predicted molar refractivity (Wildman–Crippen MR) is 105 cm³/mol. The van der Waals surface area contributed by atoms with E-state index >= 15 is 0 Å². The summed E-state index contributed by atoms with van der Waals surface area (Å²) in [7, 11) is 0. The zero-order valence-corrected chi connectivity index (χ0v) is 15.7. The Morgan fingerprint density at radius 1 is 1.11 bits per heavy atom. The molecule has 0 unspecified atom stereocenters. The number of anilines is 1. The molecular weight excluding hydrogens is 354 g/mol. The molecule has 28 heavy (non-hydrogen) atoms. The molecule has 1 aliphatic heterocycles. The van der Waals surface area contributed by atoms with Crippen molar-refractivity contribution in [2.45, 2.75) is 38.0 Å². The quantitative estimate of drug-likeness (QED) is 0.751. The molecular formula is C21H23N5O2. The third kappa shape index (κ3) is 3.00. The average molecular weight is 377 g/mol. The van der Waals surface area contributed by atoms with Crippen LogP contribution in [0.15, 0.2) is 34.9 Å². The summed E-state index contributed by atoms with van der Waals surface area (Å²) in [6.07, 6.45) is 5.65. The Kier molecular flexibility index (Phi) is 4.22. The second-order valence-corrected chi connectivity index (χ2v) is 7.84. The van der Waals surface area contributed by atoms with Gasteiger partial charge in [0.2, 0.25) is 17.6 Å². The largest absolute Gasteiger partial charge is 0.384 e. The van der Waals surface area contributed by atoms with Crippen LogP contribution in [0.2, 0.25) is 0 Å². The fourth-order valence-electron chi connectivity index (χ4n) is 4.31. The van der Waals surface area contributed by atoms with E-state index in [1.54, 1.807) is 6.07 Å². The first-order valence-electron chi connectivity index (χ1n) is 9.97. The minimum atomic E-state index is 0.110. The van der Waals surface area contributed by atoms with Gasteiger partial charge < -0.3 is 15.2 Å². The average Bonchev–Trinajstić information content (AvgIpc) is 3.16. The van der Waals surface area contributed by atoms with Crippen LogP contribution in [0.4, 0.5) is 5.82 Å². The fourth-order valence-corrected chi connectivity index (χ4v) is 4.31. The highest BCUT2D eigenvalue weighted by atomic mass is 16.5. The topological polar surface area (TPSA) is 98.1 Å². The Bertz CT molecular complexity index is 1020. The Balaban J connectivity index is 1.32. The lowest BCUT2D eigenvalue weighted by Gasteiger charge is -2.39. The van der Waals surface area contributed by atoms with E-state index in [0.717, 1.165) is 29.3 Å². The molecule has 144 valence electrons. The van der Waals surface area contributed by atoms with E-state index in [0.29, 0.717) is 36.5 Å². The van der Waals surface area contributed by atoms with Crippen LogP contribution in [-0.4, -0.2) is 39.0 Å². The summed E-state index contributed by atoms with van der Waals surface area (Å²) >= 11 is 0. The van der Waals surface area contributed by atoms with Gasteiger partial charge in [0.15, 0.2) is 0 Å². The number of nitrogen functional groups attached to an aromatic ring is 1. The number of likely N-dealkylation sites (tertiary alicyclic amines) is 1. The molecule has 1 amide bonds. The van der Waals surface area contributed by atoms with Crippen molar-refractivity contribution in [1.29, 1.82) is 0 Å². The van der Waals surface area contributed by atoms with Gasteiger partial charge in [-0.3, -0.25) is 4.79 Å². The zero-order valence-electron chi connectivity index (χ0n) is 15.7. The van der Waals surface area contributed by atoms with Gasteiger partial charge in [0.1, 0.15) is 5.82 Å². The molecule has 2 aromatic heterocycles. The Morgan fingerprint density at radius 2 is 1.89 bits per heavy atom. The molecule has 1 saturated carbocycles. The molecule has 1 aromatic carbocycles. The van der Waals surface area contributed by atoms with Crippen LogP contribution < -0.4 is 5.73 Å². The molecule has 1 saturated heterocycles. The second kappa shape index (κ2) is 6.89. The Labute approximate surface area is 162 Å². The number of hydrogen-bond donors (Lipinski definition) is 1. The summed E-state index contributed by atoms with van der Waals surface area (Å²) in [5.74, 6) is 2.13. The number of nitrogens with two attached hydrogens (primary N) is 1. The third-order valence-electron chi connectivity index (χ3n) is 5.92. The van der Waals surface area contributed by atoms with Gasteiger partial charge in [0.05, 0.1) is 11.4 Å². The smallest absolute Gasteiger partial charge is 0.233 e. The van der Waals surface area contributed by atoms with Gasteiger partial charge in [-0.15, -0.1) is 0 Å². The molecule has 0 atom stereocenters. The van der Waals surface area contributed by atoms with Crippen molar-refractivity contribution in [2.75, 3.05) is 18.8 Å². The molecule has 2 fully saturated rings. The number of aromatic nitrogens is 3. The van der Waals surface area contributed by atoms with Gasteiger partial charge in [0, 0.05) is 30.0 Å². The maximum atomic E-state index is 12.6. The van der Waals surface area contributed by atoms with Crippen LogP contribution >= 0.6 is 0 Å². The number of carbonyl (C=O) groups excluding carboxylic acids is 1. The lowest BCUT2D eigenvalue weighted by molar-refractivity contribution is -0.141. The molecule has 2 N–H and O–H groups in total. The van der Waals surface area contributed by atoms with E-state index < -0.39 is 0 Å². The number of pyridine rings is 1. The molecule has 0 bridgehead atoms. The van der Waals surface area contributed by atoms with Crippen LogP contribution in [0.25, 0.3) is 22.3 Å². The maximum Gasteiger partial charge on any atom is 0.233 e. The monoisotopic (exact) mass is 377 g/mol. The van der Waals surface area contributed by atoms with Crippen molar-refractivity contribution in [3.8, 4) is 11.4 Å². The first kappa shape index (κ1) is 17.2. The summed E-state index contributed by atoms with van der Waals surface area (Å²) in [5, 5.41) is 5.10. The number of fused-ring (bicyclic) bond motifs is 1. The van der Waals surface area contributed by atoms with E-state index in [2.05, 4.69) is 15.1 Å². The molecule has 0 radical (unpaired) electrons. The van der Waals surface area contributed by atoms with Crippen LogP contribution in [0.5, 0.6) is 0 Å². The van der Waals surface area contributed by atoms with Gasteiger partial charge in [-0.1, -0.05) is 42.6 Å². The standard InChI is InChI=1S/C21H23N5O2/c22-18-10-16(15-8-4-5-9-17(15)23-18)19-24-20(28-25-19)14-11-26(12-14)21(27)13-6-2-1-3-7-13/h4-5,8-10,13-14H,1-3,6-7,11-12H2,(H2,22,23). The number of para-hydroxylation sites is 1. The summed E-state index contributed by atoms with van der Waals surface area (Å²) in [6, 6.07) is 9.53. The number of benzene rings is 1. The number of amides is 1.